The number of hydroxylamine groups is 2. The van der Waals surface area contributed by atoms with Crippen molar-refractivity contribution in [3.63, 3.8) is 0 Å². The van der Waals surface area contributed by atoms with Gasteiger partial charge in [0.05, 0.1) is 10.9 Å². The number of ether oxygens (including phenoxy) is 1. The first-order valence-corrected chi connectivity index (χ1v) is 8.77. The number of rotatable bonds is 2. The summed E-state index contributed by atoms with van der Waals surface area (Å²) in [6.07, 6.45) is -0.293. The maximum atomic E-state index is 12.7. The highest BCUT2D eigenvalue weighted by molar-refractivity contribution is 7.92. The topological polar surface area (TPSA) is 72.9 Å². The first-order valence-electron chi connectivity index (χ1n) is 7.23. The Bertz CT molecular complexity index is 689. The molecular weight excluding hydrogens is 306 g/mol. The number of hydrogen-bond donors (Lipinski definition) is 0. The molecule has 2 saturated heterocycles. The fraction of sp³-hybridized carbons (Fsp3) is 0.533. The average Bonchev–Trinajstić information content (AvgIpc) is 2.87. The molecule has 0 radical (unpaired) electrons. The van der Waals surface area contributed by atoms with Crippen LogP contribution in [0.1, 0.15) is 27.2 Å². The molecule has 1 aromatic rings. The highest BCUT2D eigenvalue weighted by atomic mass is 32.2. The molecule has 2 heterocycles. The Morgan fingerprint density at radius 1 is 1.23 bits per heavy atom. The average molecular weight is 325 g/mol. The molecule has 6 nitrogen and oxygen atoms in total. The zero-order chi connectivity index (χ0) is 16.1. The van der Waals surface area contributed by atoms with Gasteiger partial charge in [0.15, 0.2) is 5.44 Å². The van der Waals surface area contributed by atoms with Crippen molar-refractivity contribution >= 4 is 15.8 Å². The molecule has 2 aliphatic rings. The van der Waals surface area contributed by atoms with E-state index in [0.29, 0.717) is 0 Å². The third kappa shape index (κ3) is 2.15. The molecule has 0 bridgehead atoms. The smallest absolute Gasteiger partial charge is 0.329 e. The normalized spacial score (nSPS) is 36.0. The molecule has 2 fully saturated rings. The molecule has 0 aromatic heterocycles. The van der Waals surface area contributed by atoms with Crippen LogP contribution >= 0.6 is 0 Å². The molecule has 2 aliphatic heterocycles. The summed E-state index contributed by atoms with van der Waals surface area (Å²) in [4.78, 5) is 18.1. The molecule has 1 aromatic carbocycles. The summed E-state index contributed by atoms with van der Waals surface area (Å²) in [5, 5.41) is 1.49. The zero-order valence-corrected chi connectivity index (χ0v) is 13.5. The van der Waals surface area contributed by atoms with E-state index in [1.165, 1.54) is 17.2 Å². The summed E-state index contributed by atoms with van der Waals surface area (Å²) >= 11 is 0. The molecule has 0 unspecified atom stereocenters. The van der Waals surface area contributed by atoms with Gasteiger partial charge in [-0.25, -0.2) is 13.2 Å². The number of hydrogen-bond acceptors (Lipinski definition) is 6. The first-order chi connectivity index (χ1) is 10.3. The van der Waals surface area contributed by atoms with Crippen molar-refractivity contribution in [1.82, 2.24) is 5.06 Å². The predicted molar refractivity (Wildman–Crippen MR) is 78.4 cm³/mol. The fourth-order valence-electron chi connectivity index (χ4n) is 2.93. The van der Waals surface area contributed by atoms with Gasteiger partial charge in [-0.2, -0.15) is 5.06 Å². The summed E-state index contributed by atoms with van der Waals surface area (Å²) < 4.78 is 30.7. The number of benzene rings is 1. The highest BCUT2D eigenvalue weighted by Crippen LogP contribution is 2.42. The summed E-state index contributed by atoms with van der Waals surface area (Å²) in [7, 11) is -3.67. The number of carbonyl (C=O) groups excluding carboxylic acids is 1. The minimum atomic E-state index is -3.67. The van der Waals surface area contributed by atoms with Gasteiger partial charge in [0.25, 0.3) is 0 Å². The van der Waals surface area contributed by atoms with E-state index >= 15 is 0 Å². The third-order valence-corrected chi connectivity index (χ3v) is 6.36. The SMILES string of the molecule is C[C@@H]1OC(=O)[C@]2(C)C[C@H](S(=O)(=O)c3ccccc3)ON2[C@H]1C. The van der Waals surface area contributed by atoms with E-state index in [9.17, 15) is 13.2 Å². The molecule has 4 atom stereocenters. The van der Waals surface area contributed by atoms with Gasteiger partial charge >= 0.3 is 5.97 Å². The lowest BCUT2D eigenvalue weighted by Gasteiger charge is -2.42. The van der Waals surface area contributed by atoms with Crippen molar-refractivity contribution in [3.05, 3.63) is 30.3 Å². The summed E-state index contributed by atoms with van der Waals surface area (Å²) in [5.74, 6) is -0.441. The largest absolute Gasteiger partial charge is 0.459 e. The second kappa shape index (κ2) is 5.04. The summed E-state index contributed by atoms with van der Waals surface area (Å²) in [6.45, 7) is 5.29. The number of morpholine rings is 1. The molecule has 0 spiro atoms. The van der Waals surface area contributed by atoms with Crippen LogP contribution in [0.5, 0.6) is 0 Å². The minimum Gasteiger partial charge on any atom is -0.459 e. The van der Waals surface area contributed by atoms with E-state index in [4.69, 9.17) is 9.57 Å². The lowest BCUT2D eigenvalue weighted by atomic mass is 9.94. The number of esters is 1. The van der Waals surface area contributed by atoms with Crippen LogP contribution in [0.3, 0.4) is 0 Å². The van der Waals surface area contributed by atoms with Gasteiger partial charge < -0.3 is 4.74 Å². The highest BCUT2D eigenvalue weighted by Gasteiger charge is 2.59. The molecule has 7 heteroatoms. The number of sulfone groups is 1. The van der Waals surface area contributed by atoms with E-state index in [-0.39, 0.29) is 23.5 Å². The van der Waals surface area contributed by atoms with E-state index in [1.807, 2.05) is 6.92 Å². The van der Waals surface area contributed by atoms with Gasteiger partial charge in [0.2, 0.25) is 9.84 Å². The first kappa shape index (κ1) is 15.5. The Balaban J connectivity index is 1.95. The number of cyclic esters (lactones) is 1. The van der Waals surface area contributed by atoms with Gasteiger partial charge in [-0.1, -0.05) is 18.2 Å². The fourth-order valence-corrected chi connectivity index (χ4v) is 4.52. The molecule has 0 amide bonds. The quantitative estimate of drug-likeness (QED) is 0.768. The van der Waals surface area contributed by atoms with Crippen molar-refractivity contribution in [2.24, 2.45) is 0 Å². The van der Waals surface area contributed by atoms with Gasteiger partial charge in [-0.3, -0.25) is 4.84 Å². The van der Waals surface area contributed by atoms with Crippen LogP contribution in [0, 0.1) is 0 Å². The Hall–Kier alpha value is -1.44. The van der Waals surface area contributed by atoms with Crippen molar-refractivity contribution in [2.75, 3.05) is 0 Å². The van der Waals surface area contributed by atoms with E-state index in [0.717, 1.165) is 0 Å². The van der Waals surface area contributed by atoms with Crippen LogP contribution in [-0.2, 0) is 24.2 Å². The summed E-state index contributed by atoms with van der Waals surface area (Å²) in [6, 6.07) is 7.93. The van der Waals surface area contributed by atoms with Crippen LogP contribution in [0.15, 0.2) is 35.2 Å². The van der Waals surface area contributed by atoms with E-state index < -0.39 is 26.8 Å². The molecular formula is C15H19NO5S. The Morgan fingerprint density at radius 3 is 2.50 bits per heavy atom. The van der Waals surface area contributed by atoms with Gasteiger partial charge in [-0.05, 0) is 32.9 Å². The van der Waals surface area contributed by atoms with Crippen molar-refractivity contribution in [2.45, 2.75) is 55.2 Å². The predicted octanol–water partition coefficient (Wildman–Crippen LogP) is 1.52. The van der Waals surface area contributed by atoms with E-state index in [1.54, 1.807) is 32.0 Å². The van der Waals surface area contributed by atoms with Crippen molar-refractivity contribution in [1.29, 1.82) is 0 Å². The maximum Gasteiger partial charge on any atom is 0.329 e. The number of nitrogens with zero attached hydrogens (tertiary/aromatic N) is 1. The molecule has 120 valence electrons. The second-order valence-corrected chi connectivity index (χ2v) is 8.14. The van der Waals surface area contributed by atoms with Crippen LogP contribution in [0.2, 0.25) is 0 Å². The van der Waals surface area contributed by atoms with Crippen LogP contribution < -0.4 is 0 Å². The standard InChI is InChI=1S/C15H19NO5S/c1-10-11(2)20-14(17)15(3)9-13(21-16(10)15)22(18,19)12-7-5-4-6-8-12/h4-8,10-11,13H,9H2,1-3H3/t10-,11-,13-,15-/m0/s1. The van der Waals surface area contributed by atoms with Crippen molar-refractivity contribution < 1.29 is 22.8 Å². The molecule has 0 N–H and O–H groups in total. The Kier molecular flexibility index (Phi) is 3.54. The number of fused-ring (bicyclic) bond motifs is 1. The Morgan fingerprint density at radius 2 is 1.86 bits per heavy atom. The maximum absolute atomic E-state index is 12.7. The zero-order valence-electron chi connectivity index (χ0n) is 12.7. The Labute approximate surface area is 129 Å². The monoisotopic (exact) mass is 325 g/mol. The molecule has 0 aliphatic carbocycles. The lowest BCUT2D eigenvalue weighted by Crippen LogP contribution is -2.60. The minimum absolute atomic E-state index is 0.0557. The third-order valence-electron chi connectivity index (χ3n) is 4.48. The molecule has 0 saturated carbocycles. The van der Waals surface area contributed by atoms with Crippen molar-refractivity contribution in [3.8, 4) is 0 Å². The van der Waals surface area contributed by atoms with Gasteiger partial charge in [0, 0.05) is 6.42 Å². The van der Waals surface area contributed by atoms with Gasteiger partial charge in [0.1, 0.15) is 11.6 Å². The van der Waals surface area contributed by atoms with E-state index in [2.05, 4.69) is 0 Å². The number of carbonyl (C=O) groups is 1. The van der Waals surface area contributed by atoms with Gasteiger partial charge in [-0.15, -0.1) is 0 Å². The summed E-state index contributed by atoms with van der Waals surface area (Å²) in [5.41, 5.74) is -2.15. The van der Waals surface area contributed by atoms with Crippen LogP contribution in [0.4, 0.5) is 0 Å². The second-order valence-electron chi connectivity index (χ2n) is 6.05. The van der Waals surface area contributed by atoms with Crippen LogP contribution in [0.25, 0.3) is 0 Å². The molecule has 3 rings (SSSR count). The molecule has 22 heavy (non-hydrogen) atoms. The lowest BCUT2D eigenvalue weighted by molar-refractivity contribution is -0.247. The van der Waals surface area contributed by atoms with Crippen LogP contribution in [-0.4, -0.2) is 42.6 Å².